The van der Waals surface area contributed by atoms with Crippen molar-refractivity contribution < 1.29 is 9.47 Å². The Morgan fingerprint density at radius 1 is 1.38 bits per heavy atom. The minimum Gasteiger partial charge on any atom is -0.484 e. The fraction of sp³-hybridized carbons (Fsp3) is 0.500. The second kappa shape index (κ2) is 3.64. The summed E-state index contributed by atoms with van der Waals surface area (Å²) in [4.78, 5) is 4.19. The van der Waals surface area contributed by atoms with Gasteiger partial charge in [-0.15, -0.1) is 0 Å². The van der Waals surface area contributed by atoms with Crippen LogP contribution >= 0.6 is 0 Å². The van der Waals surface area contributed by atoms with Gasteiger partial charge in [0, 0.05) is 6.20 Å². The van der Waals surface area contributed by atoms with Gasteiger partial charge < -0.3 is 9.47 Å². The van der Waals surface area contributed by atoms with Gasteiger partial charge in [-0.25, -0.2) is 4.98 Å². The van der Waals surface area contributed by atoms with Crippen LogP contribution in [0.4, 0.5) is 0 Å². The highest BCUT2D eigenvalue weighted by Crippen LogP contribution is 2.28. The van der Waals surface area contributed by atoms with Crippen molar-refractivity contribution in [3.05, 3.63) is 17.8 Å². The lowest BCUT2D eigenvalue weighted by molar-refractivity contribution is 0.164. The lowest BCUT2D eigenvalue weighted by Crippen LogP contribution is -2.16. The van der Waals surface area contributed by atoms with Crippen molar-refractivity contribution in [3.63, 3.8) is 0 Å². The normalized spacial score (nSPS) is 14.2. The van der Waals surface area contributed by atoms with Gasteiger partial charge in [0.2, 0.25) is 0 Å². The van der Waals surface area contributed by atoms with E-state index in [0.29, 0.717) is 19.1 Å². The van der Waals surface area contributed by atoms with Crippen LogP contribution in [0.3, 0.4) is 0 Å². The quantitative estimate of drug-likeness (QED) is 0.693. The number of aromatic nitrogens is 1. The highest BCUT2D eigenvalue weighted by atomic mass is 16.6. The molecule has 0 aliphatic carbocycles. The van der Waals surface area contributed by atoms with Crippen molar-refractivity contribution in [1.82, 2.24) is 4.98 Å². The molecule has 0 unspecified atom stereocenters. The molecule has 1 aliphatic heterocycles. The van der Waals surface area contributed by atoms with Gasteiger partial charge in [-0.1, -0.05) is 13.3 Å². The molecule has 0 saturated heterocycles. The summed E-state index contributed by atoms with van der Waals surface area (Å²) in [5.41, 5.74) is 1.21. The fourth-order valence-corrected chi connectivity index (χ4v) is 1.40. The van der Waals surface area contributed by atoms with Gasteiger partial charge in [0.05, 0.1) is 0 Å². The first-order chi connectivity index (χ1) is 6.40. The second-order valence-corrected chi connectivity index (χ2v) is 3.09. The van der Waals surface area contributed by atoms with Crippen molar-refractivity contribution in [3.8, 4) is 11.6 Å². The molecule has 1 aliphatic rings. The SMILES string of the molecule is CCCc1cnc2c(c1)OCCO2. The average molecular weight is 179 g/mol. The van der Waals surface area contributed by atoms with E-state index in [9.17, 15) is 0 Å². The summed E-state index contributed by atoms with van der Waals surface area (Å²) < 4.78 is 10.7. The molecular weight excluding hydrogens is 166 g/mol. The lowest BCUT2D eigenvalue weighted by Gasteiger charge is -2.17. The van der Waals surface area contributed by atoms with E-state index in [2.05, 4.69) is 11.9 Å². The van der Waals surface area contributed by atoms with Crippen LogP contribution in [0.2, 0.25) is 0 Å². The maximum atomic E-state index is 5.42. The zero-order valence-corrected chi connectivity index (χ0v) is 7.75. The average Bonchev–Trinajstić information content (AvgIpc) is 2.18. The molecule has 0 saturated carbocycles. The third-order valence-corrected chi connectivity index (χ3v) is 1.99. The smallest absolute Gasteiger partial charge is 0.257 e. The molecule has 1 aromatic rings. The molecule has 3 nitrogen and oxygen atoms in total. The zero-order valence-electron chi connectivity index (χ0n) is 7.75. The Kier molecular flexibility index (Phi) is 2.34. The number of fused-ring (bicyclic) bond motifs is 1. The highest BCUT2D eigenvalue weighted by molar-refractivity contribution is 5.37. The molecule has 0 fully saturated rings. The summed E-state index contributed by atoms with van der Waals surface area (Å²) in [5.74, 6) is 1.42. The molecule has 0 radical (unpaired) electrons. The minimum absolute atomic E-state index is 0.604. The zero-order chi connectivity index (χ0) is 9.10. The second-order valence-electron chi connectivity index (χ2n) is 3.09. The number of hydrogen-bond donors (Lipinski definition) is 0. The highest BCUT2D eigenvalue weighted by Gasteiger charge is 2.12. The summed E-state index contributed by atoms with van der Waals surface area (Å²) in [6.07, 6.45) is 4.03. The van der Waals surface area contributed by atoms with E-state index < -0.39 is 0 Å². The Balaban J connectivity index is 2.24. The van der Waals surface area contributed by atoms with Crippen molar-refractivity contribution in [2.24, 2.45) is 0 Å². The van der Waals surface area contributed by atoms with Crippen LogP contribution in [0.15, 0.2) is 12.3 Å². The molecule has 2 rings (SSSR count). The van der Waals surface area contributed by atoms with Crippen LogP contribution in [-0.4, -0.2) is 18.2 Å². The van der Waals surface area contributed by atoms with Crippen LogP contribution < -0.4 is 9.47 Å². The van der Waals surface area contributed by atoms with Gasteiger partial charge in [-0.2, -0.15) is 0 Å². The minimum atomic E-state index is 0.604. The van der Waals surface area contributed by atoms with E-state index in [1.807, 2.05) is 12.3 Å². The van der Waals surface area contributed by atoms with Crippen LogP contribution in [-0.2, 0) is 6.42 Å². The molecule has 0 N–H and O–H groups in total. The maximum Gasteiger partial charge on any atom is 0.257 e. The molecule has 1 aromatic heterocycles. The van der Waals surface area contributed by atoms with Gasteiger partial charge in [0.15, 0.2) is 5.75 Å². The standard InChI is InChI=1S/C10H13NO2/c1-2-3-8-6-9-10(11-7-8)13-5-4-12-9/h6-7H,2-5H2,1H3. The molecule has 3 heteroatoms. The third kappa shape index (κ3) is 1.74. The first-order valence-corrected chi connectivity index (χ1v) is 4.64. The first-order valence-electron chi connectivity index (χ1n) is 4.64. The van der Waals surface area contributed by atoms with Crippen LogP contribution in [0.25, 0.3) is 0 Å². The van der Waals surface area contributed by atoms with Gasteiger partial charge in [0.25, 0.3) is 5.88 Å². The van der Waals surface area contributed by atoms with Crippen LogP contribution in [0.5, 0.6) is 11.6 Å². The lowest BCUT2D eigenvalue weighted by atomic mass is 10.2. The summed E-state index contributed by atoms with van der Waals surface area (Å²) >= 11 is 0. The Morgan fingerprint density at radius 2 is 2.23 bits per heavy atom. The Labute approximate surface area is 77.7 Å². The Morgan fingerprint density at radius 3 is 3.08 bits per heavy atom. The molecule has 0 atom stereocenters. The van der Waals surface area contributed by atoms with Crippen molar-refractivity contribution in [1.29, 1.82) is 0 Å². The van der Waals surface area contributed by atoms with Gasteiger partial charge in [-0.3, -0.25) is 0 Å². The number of rotatable bonds is 2. The number of hydrogen-bond acceptors (Lipinski definition) is 3. The summed E-state index contributed by atoms with van der Waals surface area (Å²) in [6.45, 7) is 3.38. The topological polar surface area (TPSA) is 31.4 Å². The summed E-state index contributed by atoms with van der Waals surface area (Å²) in [7, 11) is 0. The predicted molar refractivity (Wildman–Crippen MR) is 49.2 cm³/mol. The molecule has 70 valence electrons. The third-order valence-electron chi connectivity index (χ3n) is 1.99. The number of pyridine rings is 1. The molecule has 0 bridgehead atoms. The predicted octanol–water partition coefficient (Wildman–Crippen LogP) is 1.81. The van der Waals surface area contributed by atoms with E-state index in [-0.39, 0.29) is 0 Å². The van der Waals surface area contributed by atoms with E-state index in [1.54, 1.807) is 0 Å². The molecule has 0 aromatic carbocycles. The van der Waals surface area contributed by atoms with Crippen molar-refractivity contribution in [2.45, 2.75) is 19.8 Å². The maximum absolute atomic E-state index is 5.42. The van der Waals surface area contributed by atoms with Crippen molar-refractivity contribution >= 4 is 0 Å². The molecular formula is C10H13NO2. The molecule has 2 heterocycles. The Bertz CT molecular complexity index is 299. The molecule has 0 spiro atoms. The largest absolute Gasteiger partial charge is 0.484 e. The first kappa shape index (κ1) is 8.35. The summed E-state index contributed by atoms with van der Waals surface area (Å²) in [5, 5.41) is 0. The molecule has 13 heavy (non-hydrogen) atoms. The number of nitrogens with zero attached hydrogens (tertiary/aromatic N) is 1. The van der Waals surface area contributed by atoms with Crippen molar-refractivity contribution in [2.75, 3.05) is 13.2 Å². The van der Waals surface area contributed by atoms with Crippen LogP contribution in [0, 0.1) is 0 Å². The monoisotopic (exact) mass is 179 g/mol. The number of aryl methyl sites for hydroxylation is 1. The van der Waals surface area contributed by atoms with E-state index in [4.69, 9.17) is 9.47 Å². The Hall–Kier alpha value is -1.25. The van der Waals surface area contributed by atoms with Gasteiger partial charge in [-0.05, 0) is 18.1 Å². The van der Waals surface area contributed by atoms with E-state index >= 15 is 0 Å². The van der Waals surface area contributed by atoms with E-state index in [1.165, 1.54) is 5.56 Å². The van der Waals surface area contributed by atoms with Crippen LogP contribution in [0.1, 0.15) is 18.9 Å². The molecule has 0 amide bonds. The van der Waals surface area contributed by atoms with Gasteiger partial charge in [0.1, 0.15) is 13.2 Å². The number of ether oxygens (including phenoxy) is 2. The summed E-state index contributed by atoms with van der Waals surface area (Å²) in [6, 6.07) is 2.02. The fourth-order valence-electron chi connectivity index (χ4n) is 1.40. The van der Waals surface area contributed by atoms with Gasteiger partial charge >= 0.3 is 0 Å². The van der Waals surface area contributed by atoms with E-state index in [0.717, 1.165) is 18.6 Å².